The van der Waals surface area contributed by atoms with Crippen molar-refractivity contribution in [1.82, 2.24) is 4.72 Å². The number of aliphatic hydroxyl groups is 1. The Morgan fingerprint density at radius 3 is 2.45 bits per heavy atom. The van der Waals surface area contributed by atoms with Crippen molar-refractivity contribution in [3.8, 4) is 0 Å². The zero-order valence-electron chi connectivity index (χ0n) is 10.9. The standard InChI is InChI=1S/C12H17BrClNO3S2/c13-11-9(14)7-10(19-11)20(17,18)15-8-12(16)5-3-1-2-4-6-12/h7,15-16H,1-6,8H2. The molecular weight excluding hydrogens is 386 g/mol. The summed E-state index contributed by atoms with van der Waals surface area (Å²) in [5, 5.41) is 10.8. The molecule has 4 nitrogen and oxygen atoms in total. The second-order valence-electron chi connectivity index (χ2n) is 5.15. The quantitative estimate of drug-likeness (QED) is 0.757. The highest BCUT2D eigenvalue weighted by Gasteiger charge is 2.30. The van der Waals surface area contributed by atoms with Gasteiger partial charge in [0.25, 0.3) is 0 Å². The molecule has 1 heterocycles. The zero-order valence-corrected chi connectivity index (χ0v) is 14.8. The summed E-state index contributed by atoms with van der Waals surface area (Å²) in [6.07, 6.45) is 5.36. The molecule has 8 heteroatoms. The Bertz CT molecular complexity index is 546. The lowest BCUT2D eigenvalue weighted by molar-refractivity contribution is 0.0303. The highest BCUT2D eigenvalue weighted by molar-refractivity contribution is 9.11. The minimum Gasteiger partial charge on any atom is -0.389 e. The summed E-state index contributed by atoms with van der Waals surface area (Å²) in [6.45, 7) is 0.0580. The molecule has 0 atom stereocenters. The molecule has 1 aliphatic rings. The van der Waals surface area contributed by atoms with Gasteiger partial charge in [0.15, 0.2) is 0 Å². The van der Waals surface area contributed by atoms with Gasteiger partial charge in [-0.25, -0.2) is 13.1 Å². The van der Waals surface area contributed by atoms with Crippen LogP contribution in [0, 0.1) is 0 Å². The van der Waals surface area contributed by atoms with E-state index in [0.29, 0.717) is 21.7 Å². The number of hydrogen-bond acceptors (Lipinski definition) is 4. The van der Waals surface area contributed by atoms with Crippen molar-refractivity contribution in [2.75, 3.05) is 6.54 Å². The van der Waals surface area contributed by atoms with Crippen LogP contribution in [0.25, 0.3) is 0 Å². The average molecular weight is 403 g/mol. The van der Waals surface area contributed by atoms with Crippen LogP contribution in [0.1, 0.15) is 38.5 Å². The fraction of sp³-hybridized carbons (Fsp3) is 0.667. The molecule has 2 N–H and O–H groups in total. The topological polar surface area (TPSA) is 66.4 Å². The zero-order chi connectivity index (χ0) is 14.8. The molecule has 2 rings (SSSR count). The molecule has 0 saturated heterocycles. The van der Waals surface area contributed by atoms with Crippen molar-refractivity contribution in [2.45, 2.75) is 48.3 Å². The number of halogens is 2. The van der Waals surface area contributed by atoms with Crippen LogP contribution in [-0.4, -0.2) is 25.7 Å². The minimum absolute atomic E-state index is 0.0580. The van der Waals surface area contributed by atoms with Gasteiger partial charge in [-0.2, -0.15) is 0 Å². The molecule has 0 bridgehead atoms. The first-order chi connectivity index (χ1) is 9.32. The third-order valence-electron chi connectivity index (χ3n) is 3.51. The van der Waals surface area contributed by atoms with E-state index < -0.39 is 15.6 Å². The predicted octanol–water partition coefficient (Wildman–Crippen LogP) is 3.53. The number of rotatable bonds is 4. The van der Waals surface area contributed by atoms with Crippen LogP contribution >= 0.6 is 38.9 Å². The molecule has 0 amide bonds. The van der Waals surface area contributed by atoms with Crippen molar-refractivity contribution in [3.05, 3.63) is 14.9 Å². The molecule has 0 aromatic carbocycles. The number of hydrogen-bond donors (Lipinski definition) is 2. The molecule has 1 aliphatic carbocycles. The highest BCUT2D eigenvalue weighted by Crippen LogP contribution is 2.34. The van der Waals surface area contributed by atoms with Gasteiger partial charge in [0.1, 0.15) is 4.21 Å². The normalized spacial score (nSPS) is 19.8. The van der Waals surface area contributed by atoms with E-state index in [2.05, 4.69) is 20.7 Å². The Balaban J connectivity index is 2.05. The van der Waals surface area contributed by atoms with Crippen molar-refractivity contribution in [1.29, 1.82) is 0 Å². The third kappa shape index (κ3) is 4.18. The molecule has 0 spiro atoms. The summed E-state index contributed by atoms with van der Waals surface area (Å²) in [7, 11) is -3.62. The smallest absolute Gasteiger partial charge is 0.250 e. The summed E-state index contributed by atoms with van der Waals surface area (Å²) >= 11 is 10.1. The Morgan fingerprint density at radius 2 is 1.95 bits per heavy atom. The minimum atomic E-state index is -3.62. The highest BCUT2D eigenvalue weighted by atomic mass is 79.9. The van der Waals surface area contributed by atoms with Gasteiger partial charge in [0, 0.05) is 6.54 Å². The molecule has 0 aliphatic heterocycles. The molecular formula is C12H17BrClNO3S2. The average Bonchev–Trinajstić information content (AvgIpc) is 2.61. The van der Waals surface area contributed by atoms with Gasteiger partial charge in [-0.3, -0.25) is 0 Å². The van der Waals surface area contributed by atoms with Gasteiger partial charge >= 0.3 is 0 Å². The van der Waals surface area contributed by atoms with Crippen molar-refractivity contribution >= 4 is 48.9 Å². The Hall–Kier alpha value is 0.340. The fourth-order valence-corrected chi connectivity index (χ4v) is 5.89. The van der Waals surface area contributed by atoms with E-state index >= 15 is 0 Å². The molecule has 114 valence electrons. The molecule has 20 heavy (non-hydrogen) atoms. The SMILES string of the molecule is O=S(=O)(NCC1(O)CCCCCC1)c1cc(Cl)c(Br)s1. The van der Waals surface area contributed by atoms with Crippen LogP contribution in [0.3, 0.4) is 0 Å². The van der Waals surface area contributed by atoms with Crippen LogP contribution in [0.15, 0.2) is 14.1 Å². The monoisotopic (exact) mass is 401 g/mol. The second kappa shape index (κ2) is 6.62. The summed E-state index contributed by atoms with van der Waals surface area (Å²) < 4.78 is 27.6. The van der Waals surface area contributed by atoms with Crippen LogP contribution < -0.4 is 4.72 Å². The van der Waals surface area contributed by atoms with E-state index in [1.54, 1.807) is 0 Å². The van der Waals surface area contributed by atoms with E-state index in [4.69, 9.17) is 11.6 Å². The van der Waals surface area contributed by atoms with E-state index in [0.717, 1.165) is 37.0 Å². The van der Waals surface area contributed by atoms with E-state index in [1.807, 2.05) is 0 Å². The first-order valence-corrected chi connectivity index (χ1v) is 9.96. The van der Waals surface area contributed by atoms with Crippen molar-refractivity contribution < 1.29 is 13.5 Å². The van der Waals surface area contributed by atoms with E-state index in [1.165, 1.54) is 6.07 Å². The second-order valence-corrected chi connectivity index (χ2v) is 9.92. The Labute approximate surface area is 136 Å². The maximum atomic E-state index is 12.2. The summed E-state index contributed by atoms with van der Waals surface area (Å²) in [4.78, 5) is 0. The van der Waals surface area contributed by atoms with Gasteiger partial charge in [0.05, 0.1) is 14.4 Å². The van der Waals surface area contributed by atoms with Crippen LogP contribution in [0.5, 0.6) is 0 Å². The van der Waals surface area contributed by atoms with Gasteiger partial charge in [-0.15, -0.1) is 11.3 Å². The largest absolute Gasteiger partial charge is 0.389 e. The van der Waals surface area contributed by atoms with Gasteiger partial charge in [0.2, 0.25) is 10.0 Å². The Morgan fingerprint density at radius 1 is 1.35 bits per heavy atom. The maximum absolute atomic E-state index is 12.2. The molecule has 1 fully saturated rings. The number of nitrogens with one attached hydrogen (secondary N) is 1. The number of thiophene rings is 1. The lowest BCUT2D eigenvalue weighted by Gasteiger charge is -2.26. The fourth-order valence-electron chi connectivity index (χ4n) is 2.32. The van der Waals surface area contributed by atoms with Crippen molar-refractivity contribution in [3.63, 3.8) is 0 Å². The van der Waals surface area contributed by atoms with E-state index in [-0.39, 0.29) is 10.8 Å². The van der Waals surface area contributed by atoms with Gasteiger partial charge in [-0.1, -0.05) is 37.3 Å². The summed E-state index contributed by atoms with van der Waals surface area (Å²) in [5.41, 5.74) is -0.929. The molecule has 1 aromatic heterocycles. The van der Waals surface area contributed by atoms with Crippen LogP contribution in [0.2, 0.25) is 5.02 Å². The van der Waals surface area contributed by atoms with Crippen LogP contribution in [0.4, 0.5) is 0 Å². The first-order valence-electron chi connectivity index (χ1n) is 6.49. The number of sulfonamides is 1. The lowest BCUT2D eigenvalue weighted by Crippen LogP contribution is -2.42. The van der Waals surface area contributed by atoms with E-state index in [9.17, 15) is 13.5 Å². The van der Waals surface area contributed by atoms with Gasteiger partial charge in [-0.05, 0) is 34.8 Å². The summed E-state index contributed by atoms with van der Waals surface area (Å²) in [6, 6.07) is 1.41. The Kier molecular flexibility index (Phi) is 5.53. The predicted molar refractivity (Wildman–Crippen MR) is 84.9 cm³/mol. The molecule has 0 unspecified atom stereocenters. The van der Waals surface area contributed by atoms with Crippen molar-refractivity contribution in [2.24, 2.45) is 0 Å². The van der Waals surface area contributed by atoms with Crippen LogP contribution in [-0.2, 0) is 10.0 Å². The van der Waals surface area contributed by atoms with Gasteiger partial charge < -0.3 is 5.11 Å². The summed E-state index contributed by atoms with van der Waals surface area (Å²) in [5.74, 6) is 0. The molecule has 1 aromatic rings. The molecule has 1 saturated carbocycles. The third-order valence-corrected chi connectivity index (χ3v) is 7.86. The molecule has 0 radical (unpaired) electrons. The lowest BCUT2D eigenvalue weighted by atomic mass is 9.95. The first kappa shape index (κ1) is 16.7. The maximum Gasteiger partial charge on any atom is 0.250 e.